The molecule has 2 aliphatic heterocycles. The number of aromatic nitrogens is 1. The van der Waals surface area contributed by atoms with Crippen molar-refractivity contribution in [2.45, 2.75) is 31.9 Å². The zero-order valence-electron chi connectivity index (χ0n) is 18.9. The molecule has 5 rings (SSSR count). The van der Waals surface area contributed by atoms with Gasteiger partial charge >= 0.3 is 0 Å². The molecule has 0 bridgehead atoms. The van der Waals surface area contributed by atoms with Crippen LogP contribution in [0.5, 0.6) is 11.5 Å². The topological polar surface area (TPSA) is 60.9 Å². The molecule has 3 heterocycles. The first kappa shape index (κ1) is 22.7. The molecule has 1 saturated heterocycles. The summed E-state index contributed by atoms with van der Waals surface area (Å²) in [4.78, 5) is 19.1. The van der Waals surface area contributed by atoms with Gasteiger partial charge in [0.05, 0.1) is 12.6 Å². The maximum atomic E-state index is 13.1. The number of pyridine rings is 1. The summed E-state index contributed by atoms with van der Waals surface area (Å²) >= 11 is 6.27. The van der Waals surface area contributed by atoms with Crippen LogP contribution >= 0.6 is 11.6 Å². The van der Waals surface area contributed by atoms with E-state index >= 15 is 0 Å². The van der Waals surface area contributed by atoms with Crippen molar-refractivity contribution in [1.29, 1.82) is 0 Å². The Morgan fingerprint density at radius 3 is 2.82 bits per heavy atom. The van der Waals surface area contributed by atoms with Crippen molar-refractivity contribution in [2.75, 3.05) is 26.4 Å². The third-order valence-electron chi connectivity index (χ3n) is 6.13. The first-order valence-electron chi connectivity index (χ1n) is 11.7. The summed E-state index contributed by atoms with van der Waals surface area (Å²) < 4.78 is 18.3. The highest BCUT2D eigenvalue weighted by atomic mass is 35.5. The molecule has 0 radical (unpaired) electrons. The Morgan fingerprint density at radius 1 is 1.09 bits per heavy atom. The van der Waals surface area contributed by atoms with Crippen molar-refractivity contribution in [1.82, 2.24) is 9.88 Å². The van der Waals surface area contributed by atoms with E-state index in [9.17, 15) is 4.79 Å². The average molecular weight is 479 g/mol. The van der Waals surface area contributed by atoms with E-state index in [1.54, 1.807) is 23.2 Å². The van der Waals surface area contributed by atoms with Crippen LogP contribution in [0.4, 0.5) is 0 Å². The van der Waals surface area contributed by atoms with Gasteiger partial charge in [0, 0.05) is 29.9 Å². The Balaban J connectivity index is 1.48. The Kier molecular flexibility index (Phi) is 6.97. The van der Waals surface area contributed by atoms with Crippen LogP contribution in [0.1, 0.15) is 35.3 Å². The van der Waals surface area contributed by atoms with Crippen molar-refractivity contribution in [3.8, 4) is 22.6 Å². The average Bonchev–Trinajstić information content (AvgIpc) is 3.10. The maximum absolute atomic E-state index is 13.1. The van der Waals surface area contributed by atoms with Crippen LogP contribution < -0.4 is 9.47 Å². The highest BCUT2D eigenvalue weighted by molar-refractivity contribution is 6.30. The number of ether oxygens (including phenoxy) is 3. The molecule has 0 N–H and O–H groups in total. The predicted molar refractivity (Wildman–Crippen MR) is 130 cm³/mol. The fraction of sp³-hybridized carbons (Fsp3) is 0.333. The molecule has 2 aromatic carbocycles. The number of nitrogens with zero attached hydrogens (tertiary/aromatic N) is 2. The molecule has 0 saturated carbocycles. The van der Waals surface area contributed by atoms with Gasteiger partial charge in [-0.05, 0) is 66.8 Å². The number of carbonyl (C=O) groups is 1. The zero-order chi connectivity index (χ0) is 23.3. The van der Waals surface area contributed by atoms with Gasteiger partial charge in [0.2, 0.25) is 0 Å². The van der Waals surface area contributed by atoms with Crippen LogP contribution in [0.2, 0.25) is 5.02 Å². The number of amides is 1. The van der Waals surface area contributed by atoms with Gasteiger partial charge in [-0.2, -0.15) is 0 Å². The van der Waals surface area contributed by atoms with Crippen LogP contribution in [0.25, 0.3) is 11.1 Å². The Bertz CT molecular complexity index is 1150. The highest BCUT2D eigenvalue weighted by Crippen LogP contribution is 2.39. The van der Waals surface area contributed by atoms with Gasteiger partial charge in [0.1, 0.15) is 18.9 Å². The van der Waals surface area contributed by atoms with Gasteiger partial charge in [0.15, 0.2) is 11.5 Å². The summed E-state index contributed by atoms with van der Waals surface area (Å²) in [6.07, 6.45) is 4.94. The molecule has 0 spiro atoms. The van der Waals surface area contributed by atoms with Crippen molar-refractivity contribution in [3.63, 3.8) is 0 Å². The van der Waals surface area contributed by atoms with E-state index in [1.165, 1.54) is 0 Å². The molecule has 1 amide bonds. The normalized spacial score (nSPS) is 17.9. The van der Waals surface area contributed by atoms with Crippen LogP contribution in [0, 0.1) is 0 Å². The van der Waals surface area contributed by atoms with Gasteiger partial charge in [-0.15, -0.1) is 0 Å². The third-order valence-corrected chi connectivity index (χ3v) is 6.36. The Morgan fingerprint density at radius 2 is 2.03 bits per heavy atom. The summed E-state index contributed by atoms with van der Waals surface area (Å²) in [6.45, 7) is 2.47. The van der Waals surface area contributed by atoms with Crippen molar-refractivity contribution in [3.05, 3.63) is 77.1 Å². The minimum absolute atomic E-state index is 0.0761. The van der Waals surface area contributed by atoms with Gasteiger partial charge in [-0.3, -0.25) is 9.78 Å². The largest absolute Gasteiger partial charge is 0.487 e. The molecule has 34 heavy (non-hydrogen) atoms. The van der Waals surface area contributed by atoms with Crippen LogP contribution in [0.15, 0.2) is 60.8 Å². The molecule has 1 atom stereocenters. The second-order valence-corrected chi connectivity index (χ2v) is 9.00. The standard InChI is InChI=1S/C27H27ClN2O4/c28-22-7-5-6-19(15-22)20-14-21-17-30(27(31)24-9-1-3-10-29-24)11-13-33-26(21)25(16-20)34-18-23-8-2-4-12-32-23/h1,3,5-7,9-10,14-16,23H,2,4,8,11-13,17-18H2/t23-/m1/s1. The van der Waals surface area contributed by atoms with Gasteiger partial charge in [-0.25, -0.2) is 0 Å². The SMILES string of the molecule is O=C(c1ccccn1)N1CCOc2c(cc(-c3cccc(Cl)c3)cc2OC[C@H]2CCCCO2)C1. The summed E-state index contributed by atoms with van der Waals surface area (Å²) in [5.41, 5.74) is 3.24. The monoisotopic (exact) mass is 478 g/mol. The first-order chi connectivity index (χ1) is 16.7. The number of carbonyl (C=O) groups excluding carboxylic acids is 1. The zero-order valence-corrected chi connectivity index (χ0v) is 19.7. The van der Waals surface area contributed by atoms with Crippen molar-refractivity contribution in [2.24, 2.45) is 0 Å². The number of halogens is 1. The molecule has 3 aromatic rings. The minimum Gasteiger partial charge on any atom is -0.487 e. The fourth-order valence-corrected chi connectivity index (χ4v) is 4.56. The molecule has 0 aliphatic carbocycles. The minimum atomic E-state index is -0.122. The number of hydrogen-bond acceptors (Lipinski definition) is 5. The molecule has 1 fully saturated rings. The molecule has 0 unspecified atom stereocenters. The third kappa shape index (κ3) is 5.18. The first-order valence-corrected chi connectivity index (χ1v) is 12.1. The second kappa shape index (κ2) is 10.5. The number of hydrogen-bond donors (Lipinski definition) is 0. The van der Waals surface area contributed by atoms with E-state index in [0.29, 0.717) is 48.5 Å². The van der Waals surface area contributed by atoms with Gasteiger partial charge in [0.25, 0.3) is 5.91 Å². The molecule has 1 aromatic heterocycles. The van der Waals surface area contributed by atoms with E-state index in [0.717, 1.165) is 42.6 Å². The van der Waals surface area contributed by atoms with E-state index in [2.05, 4.69) is 11.1 Å². The molecule has 6 nitrogen and oxygen atoms in total. The van der Waals surface area contributed by atoms with E-state index in [1.807, 2.05) is 36.4 Å². The van der Waals surface area contributed by atoms with Crippen LogP contribution in [-0.2, 0) is 11.3 Å². The lowest BCUT2D eigenvalue weighted by Crippen LogP contribution is -2.32. The summed E-state index contributed by atoms with van der Waals surface area (Å²) in [6, 6.07) is 17.1. The van der Waals surface area contributed by atoms with Crippen molar-refractivity contribution < 1.29 is 19.0 Å². The van der Waals surface area contributed by atoms with Gasteiger partial charge in [-0.1, -0.05) is 29.8 Å². The molecule has 7 heteroatoms. The molecule has 2 aliphatic rings. The Labute approximate surface area is 204 Å². The maximum Gasteiger partial charge on any atom is 0.272 e. The highest BCUT2D eigenvalue weighted by Gasteiger charge is 2.26. The van der Waals surface area contributed by atoms with Crippen molar-refractivity contribution >= 4 is 17.5 Å². The smallest absolute Gasteiger partial charge is 0.272 e. The summed E-state index contributed by atoms with van der Waals surface area (Å²) in [7, 11) is 0. The second-order valence-electron chi connectivity index (χ2n) is 8.56. The lowest BCUT2D eigenvalue weighted by atomic mass is 10.0. The molecular weight excluding hydrogens is 452 g/mol. The molecular formula is C27H27ClN2O4. The summed E-state index contributed by atoms with van der Waals surface area (Å²) in [5.74, 6) is 1.22. The van der Waals surface area contributed by atoms with Crippen LogP contribution in [0.3, 0.4) is 0 Å². The summed E-state index contributed by atoms with van der Waals surface area (Å²) in [5, 5.41) is 0.661. The Hall–Kier alpha value is -3.09. The lowest BCUT2D eigenvalue weighted by molar-refractivity contribution is -0.0115. The number of benzene rings is 2. The lowest BCUT2D eigenvalue weighted by Gasteiger charge is -2.24. The quantitative estimate of drug-likeness (QED) is 0.492. The van der Waals surface area contributed by atoms with E-state index in [-0.39, 0.29) is 12.0 Å². The fourth-order valence-electron chi connectivity index (χ4n) is 4.37. The molecule has 176 valence electrons. The van der Waals surface area contributed by atoms with Gasteiger partial charge < -0.3 is 19.1 Å². The van der Waals surface area contributed by atoms with E-state index < -0.39 is 0 Å². The number of rotatable bonds is 5. The van der Waals surface area contributed by atoms with Crippen LogP contribution in [-0.4, -0.2) is 48.3 Å². The predicted octanol–water partition coefficient (Wildman–Crippen LogP) is 5.38. The number of fused-ring (bicyclic) bond motifs is 1. The van der Waals surface area contributed by atoms with E-state index in [4.69, 9.17) is 25.8 Å².